The molecule has 1 aromatic heterocycles. The van der Waals surface area contributed by atoms with E-state index in [2.05, 4.69) is 22.5 Å². The molecule has 1 amide bonds. The van der Waals surface area contributed by atoms with Gasteiger partial charge in [-0.2, -0.15) is 0 Å². The van der Waals surface area contributed by atoms with Gasteiger partial charge in [0.05, 0.1) is 0 Å². The van der Waals surface area contributed by atoms with Crippen LogP contribution in [0.3, 0.4) is 0 Å². The van der Waals surface area contributed by atoms with Gasteiger partial charge in [0.1, 0.15) is 0 Å². The SMILES string of the molecule is O=CNC1CC=Cc2cccnc2C1. The van der Waals surface area contributed by atoms with Crippen molar-refractivity contribution in [2.45, 2.75) is 18.9 Å². The largest absolute Gasteiger partial charge is 0.355 e. The molecule has 1 aliphatic carbocycles. The third kappa shape index (κ3) is 1.82. The van der Waals surface area contributed by atoms with Crippen molar-refractivity contribution >= 4 is 12.5 Å². The van der Waals surface area contributed by atoms with Crippen LogP contribution in [0.4, 0.5) is 0 Å². The summed E-state index contributed by atoms with van der Waals surface area (Å²) < 4.78 is 0. The monoisotopic (exact) mass is 188 g/mol. The number of fused-ring (bicyclic) bond motifs is 1. The fraction of sp³-hybridized carbons (Fsp3) is 0.273. The first kappa shape index (κ1) is 8.94. The second kappa shape index (κ2) is 4.05. The lowest BCUT2D eigenvalue weighted by Crippen LogP contribution is -2.29. The van der Waals surface area contributed by atoms with Gasteiger partial charge in [0.25, 0.3) is 0 Å². The van der Waals surface area contributed by atoms with Crippen molar-refractivity contribution < 1.29 is 4.79 Å². The highest BCUT2D eigenvalue weighted by molar-refractivity contribution is 5.54. The smallest absolute Gasteiger partial charge is 0.207 e. The minimum Gasteiger partial charge on any atom is -0.355 e. The van der Waals surface area contributed by atoms with Crippen molar-refractivity contribution in [1.29, 1.82) is 0 Å². The summed E-state index contributed by atoms with van der Waals surface area (Å²) in [6.07, 6.45) is 8.36. The predicted octanol–water partition coefficient (Wildman–Crippen LogP) is 1.16. The van der Waals surface area contributed by atoms with Crippen LogP contribution >= 0.6 is 0 Å². The first-order valence-electron chi connectivity index (χ1n) is 4.70. The average molecular weight is 188 g/mol. The molecule has 14 heavy (non-hydrogen) atoms. The Balaban J connectivity index is 2.24. The number of carbonyl (C=O) groups excluding carboxylic acids is 1. The van der Waals surface area contributed by atoms with Gasteiger partial charge >= 0.3 is 0 Å². The van der Waals surface area contributed by atoms with Crippen LogP contribution in [0.1, 0.15) is 17.7 Å². The molecule has 3 nitrogen and oxygen atoms in total. The van der Waals surface area contributed by atoms with Gasteiger partial charge in [-0.3, -0.25) is 9.78 Å². The molecular weight excluding hydrogens is 176 g/mol. The molecule has 0 radical (unpaired) electrons. The fourth-order valence-electron chi connectivity index (χ4n) is 1.67. The maximum absolute atomic E-state index is 10.3. The number of amides is 1. The Bertz CT molecular complexity index is 360. The molecule has 1 aliphatic rings. The highest BCUT2D eigenvalue weighted by Gasteiger charge is 2.12. The van der Waals surface area contributed by atoms with Crippen LogP contribution < -0.4 is 5.32 Å². The molecule has 2 rings (SSSR count). The summed E-state index contributed by atoms with van der Waals surface area (Å²) in [5.41, 5.74) is 2.21. The number of nitrogens with one attached hydrogen (secondary N) is 1. The number of carbonyl (C=O) groups is 1. The number of aromatic nitrogens is 1. The van der Waals surface area contributed by atoms with Crippen LogP contribution in [0.2, 0.25) is 0 Å². The van der Waals surface area contributed by atoms with Gasteiger partial charge in [-0.25, -0.2) is 0 Å². The normalized spacial score (nSPS) is 19.6. The predicted molar refractivity (Wildman–Crippen MR) is 54.6 cm³/mol. The molecule has 1 unspecified atom stereocenters. The van der Waals surface area contributed by atoms with Gasteiger partial charge in [-0.1, -0.05) is 18.2 Å². The number of nitrogens with zero attached hydrogens (tertiary/aromatic N) is 1. The zero-order valence-corrected chi connectivity index (χ0v) is 7.81. The number of hydrogen-bond acceptors (Lipinski definition) is 2. The van der Waals surface area contributed by atoms with E-state index in [-0.39, 0.29) is 6.04 Å². The lowest BCUT2D eigenvalue weighted by molar-refractivity contribution is -0.110. The van der Waals surface area contributed by atoms with E-state index in [1.54, 1.807) is 6.20 Å². The third-order valence-electron chi connectivity index (χ3n) is 2.39. The summed E-state index contributed by atoms with van der Waals surface area (Å²) in [6.45, 7) is 0. The van der Waals surface area contributed by atoms with Gasteiger partial charge in [0, 0.05) is 24.4 Å². The maximum Gasteiger partial charge on any atom is 0.207 e. The molecule has 1 aromatic rings. The van der Waals surface area contributed by atoms with Crippen LogP contribution in [0.25, 0.3) is 6.08 Å². The van der Waals surface area contributed by atoms with E-state index in [4.69, 9.17) is 0 Å². The van der Waals surface area contributed by atoms with Crippen molar-refractivity contribution in [1.82, 2.24) is 10.3 Å². The summed E-state index contributed by atoms with van der Waals surface area (Å²) >= 11 is 0. The van der Waals surface area contributed by atoms with E-state index in [0.29, 0.717) is 0 Å². The second-order valence-electron chi connectivity index (χ2n) is 3.36. The number of hydrogen-bond donors (Lipinski definition) is 1. The summed E-state index contributed by atoms with van der Waals surface area (Å²) in [5.74, 6) is 0. The van der Waals surface area contributed by atoms with Gasteiger partial charge in [0.15, 0.2) is 0 Å². The summed E-state index contributed by atoms with van der Waals surface area (Å²) in [5, 5.41) is 2.79. The molecule has 0 saturated heterocycles. The van der Waals surface area contributed by atoms with Crippen molar-refractivity contribution in [2.75, 3.05) is 0 Å². The first-order chi connectivity index (χ1) is 6.90. The van der Waals surface area contributed by atoms with Crippen LogP contribution in [-0.2, 0) is 11.2 Å². The van der Waals surface area contributed by atoms with Crippen molar-refractivity contribution in [3.63, 3.8) is 0 Å². The van der Waals surface area contributed by atoms with Gasteiger partial charge in [-0.05, 0) is 18.1 Å². The average Bonchev–Trinajstić information content (AvgIpc) is 2.40. The summed E-state index contributed by atoms with van der Waals surface area (Å²) in [7, 11) is 0. The fourth-order valence-corrected chi connectivity index (χ4v) is 1.67. The van der Waals surface area contributed by atoms with Gasteiger partial charge in [0.2, 0.25) is 6.41 Å². The molecule has 0 saturated carbocycles. The van der Waals surface area contributed by atoms with E-state index >= 15 is 0 Å². The molecule has 0 fully saturated rings. The minimum atomic E-state index is 0.180. The molecule has 0 spiro atoms. The van der Waals surface area contributed by atoms with Crippen LogP contribution in [0.15, 0.2) is 24.4 Å². The minimum absolute atomic E-state index is 0.180. The zero-order chi connectivity index (χ0) is 9.80. The van der Waals surface area contributed by atoms with E-state index in [9.17, 15) is 4.79 Å². The van der Waals surface area contributed by atoms with Crippen LogP contribution in [-0.4, -0.2) is 17.4 Å². The maximum atomic E-state index is 10.3. The topological polar surface area (TPSA) is 42.0 Å². The Hall–Kier alpha value is -1.64. The summed E-state index contributed by atoms with van der Waals surface area (Å²) in [6, 6.07) is 4.15. The van der Waals surface area contributed by atoms with Crippen molar-refractivity contribution in [3.05, 3.63) is 35.7 Å². The second-order valence-corrected chi connectivity index (χ2v) is 3.36. The molecule has 1 atom stereocenters. The third-order valence-corrected chi connectivity index (χ3v) is 2.39. The lowest BCUT2D eigenvalue weighted by atomic mass is 10.1. The summed E-state index contributed by atoms with van der Waals surface area (Å²) in [4.78, 5) is 14.6. The van der Waals surface area contributed by atoms with E-state index < -0.39 is 0 Å². The molecule has 0 bridgehead atoms. The van der Waals surface area contributed by atoms with Crippen molar-refractivity contribution in [3.8, 4) is 0 Å². The molecule has 1 heterocycles. The molecule has 72 valence electrons. The standard InChI is InChI=1S/C11H12N2O/c14-8-13-10-5-1-3-9-4-2-6-12-11(9)7-10/h1-4,6,8,10H,5,7H2,(H,13,14). The van der Waals surface area contributed by atoms with Gasteiger partial charge in [-0.15, -0.1) is 0 Å². The van der Waals surface area contributed by atoms with Crippen LogP contribution in [0.5, 0.6) is 0 Å². The van der Waals surface area contributed by atoms with Crippen LogP contribution in [0, 0.1) is 0 Å². The lowest BCUT2D eigenvalue weighted by Gasteiger charge is -2.11. The van der Waals surface area contributed by atoms with Crippen molar-refractivity contribution in [2.24, 2.45) is 0 Å². The molecule has 3 heteroatoms. The Morgan fingerprint density at radius 3 is 3.36 bits per heavy atom. The quantitative estimate of drug-likeness (QED) is 0.707. The number of rotatable bonds is 2. The molecule has 0 aromatic carbocycles. The Kier molecular flexibility index (Phi) is 2.58. The Morgan fingerprint density at radius 1 is 1.57 bits per heavy atom. The Labute approximate surface area is 82.9 Å². The number of pyridine rings is 1. The molecule has 1 N–H and O–H groups in total. The van der Waals surface area contributed by atoms with Gasteiger partial charge < -0.3 is 5.32 Å². The highest BCUT2D eigenvalue weighted by Crippen LogP contribution is 2.16. The molecule has 0 aliphatic heterocycles. The molecular formula is C11H12N2O. The van der Waals surface area contributed by atoms with E-state index in [1.165, 1.54) is 0 Å². The first-order valence-corrected chi connectivity index (χ1v) is 4.70. The Morgan fingerprint density at radius 2 is 2.50 bits per heavy atom. The zero-order valence-electron chi connectivity index (χ0n) is 7.81. The van der Waals surface area contributed by atoms with E-state index in [0.717, 1.165) is 30.5 Å². The van der Waals surface area contributed by atoms with E-state index in [1.807, 2.05) is 12.1 Å². The highest BCUT2D eigenvalue weighted by atomic mass is 16.1.